The normalized spacial score (nSPS) is 12.5. The van der Waals surface area contributed by atoms with Crippen LogP contribution >= 0.6 is 0 Å². The van der Waals surface area contributed by atoms with E-state index in [1.807, 2.05) is 0 Å². The topological polar surface area (TPSA) is 120 Å². The molecule has 0 saturated heterocycles. The van der Waals surface area contributed by atoms with Gasteiger partial charge in [-0.3, -0.25) is 19.6 Å². The van der Waals surface area contributed by atoms with Gasteiger partial charge in [0.1, 0.15) is 17.9 Å². The molecule has 0 bridgehead atoms. The molecule has 11 heteroatoms. The lowest BCUT2D eigenvalue weighted by atomic mass is 10.3. The molecule has 2 heterocycles. The minimum Gasteiger partial charge on any atom is -0.271 e. The summed E-state index contributed by atoms with van der Waals surface area (Å²) in [4.78, 5) is 22.3. The van der Waals surface area contributed by atoms with E-state index in [2.05, 4.69) is 20.7 Å². The molecule has 0 radical (unpaired) electrons. The van der Waals surface area contributed by atoms with Gasteiger partial charge in [-0.1, -0.05) is 0 Å². The number of aryl methyl sites for hydroxylation is 3. The van der Waals surface area contributed by atoms with Crippen molar-refractivity contribution < 1.29 is 14.1 Å². The van der Waals surface area contributed by atoms with Crippen LogP contribution in [0.2, 0.25) is 0 Å². The zero-order valence-corrected chi connectivity index (χ0v) is 13.5. The summed E-state index contributed by atoms with van der Waals surface area (Å²) in [5.74, 6) is -1.12. The Kier molecular flexibility index (Phi) is 4.71. The molecule has 0 fully saturated rings. The summed E-state index contributed by atoms with van der Waals surface area (Å²) < 4.78 is 15.9. The standard InChI is InChI=1S/C13H16FN7O3/c1-7-10(12(14)19(4)17-7)5-15-16-13(22)9(3)20-6-11(21(23)24)8(2)18-20/h5-6,9H,1-4H3,(H,16,22)/b15-5-/t9-/m1/s1. The Hall–Kier alpha value is -3.11. The Morgan fingerprint density at radius 3 is 2.62 bits per heavy atom. The average molecular weight is 337 g/mol. The van der Waals surface area contributed by atoms with Gasteiger partial charge in [0.15, 0.2) is 0 Å². The Morgan fingerprint density at radius 2 is 2.12 bits per heavy atom. The van der Waals surface area contributed by atoms with E-state index < -0.39 is 22.8 Å². The van der Waals surface area contributed by atoms with Crippen LogP contribution in [0.5, 0.6) is 0 Å². The SMILES string of the molecule is Cc1nn([C@H](C)C(=O)N/N=C\c2c(C)nn(C)c2F)cc1[N+](=O)[O-]. The number of hydrogen-bond acceptors (Lipinski definition) is 6. The van der Waals surface area contributed by atoms with E-state index in [1.54, 1.807) is 6.92 Å². The first-order valence-corrected chi connectivity index (χ1v) is 6.94. The van der Waals surface area contributed by atoms with Gasteiger partial charge < -0.3 is 0 Å². The molecule has 0 aliphatic heterocycles. The highest BCUT2D eigenvalue weighted by atomic mass is 19.1. The molecule has 0 saturated carbocycles. The number of halogens is 1. The minimum absolute atomic E-state index is 0.163. The monoisotopic (exact) mass is 337 g/mol. The van der Waals surface area contributed by atoms with Crippen LogP contribution in [-0.4, -0.2) is 36.6 Å². The van der Waals surface area contributed by atoms with Gasteiger partial charge in [0.2, 0.25) is 5.95 Å². The van der Waals surface area contributed by atoms with Gasteiger partial charge in [-0.05, 0) is 20.8 Å². The van der Waals surface area contributed by atoms with Crippen LogP contribution in [0, 0.1) is 29.9 Å². The van der Waals surface area contributed by atoms with Crippen molar-refractivity contribution >= 4 is 17.8 Å². The molecule has 2 aromatic rings. The maximum Gasteiger partial charge on any atom is 0.309 e. The van der Waals surface area contributed by atoms with Gasteiger partial charge in [0, 0.05) is 7.05 Å². The molecule has 128 valence electrons. The molecule has 2 aromatic heterocycles. The number of carbonyl (C=O) groups excluding carboxylic acids is 1. The fourth-order valence-electron chi connectivity index (χ4n) is 2.02. The number of rotatable bonds is 5. The first-order chi connectivity index (χ1) is 11.2. The predicted octanol–water partition coefficient (Wildman–Crippen LogP) is 0.992. The fourth-order valence-corrected chi connectivity index (χ4v) is 2.02. The highest BCUT2D eigenvalue weighted by Crippen LogP contribution is 2.18. The van der Waals surface area contributed by atoms with Gasteiger partial charge >= 0.3 is 5.69 Å². The van der Waals surface area contributed by atoms with Crippen LogP contribution in [-0.2, 0) is 11.8 Å². The van der Waals surface area contributed by atoms with Crippen molar-refractivity contribution in [1.82, 2.24) is 25.0 Å². The molecule has 2 rings (SSSR count). The molecular weight excluding hydrogens is 321 g/mol. The molecule has 1 N–H and O–H groups in total. The summed E-state index contributed by atoms with van der Waals surface area (Å²) in [6.07, 6.45) is 2.33. The van der Waals surface area contributed by atoms with Crippen LogP contribution in [0.1, 0.15) is 29.9 Å². The lowest BCUT2D eigenvalue weighted by Crippen LogP contribution is -2.27. The number of amides is 1. The van der Waals surface area contributed by atoms with Crippen LogP contribution in [0.4, 0.5) is 10.1 Å². The van der Waals surface area contributed by atoms with Gasteiger partial charge in [0.05, 0.1) is 22.4 Å². The molecule has 0 aliphatic rings. The third-order valence-electron chi connectivity index (χ3n) is 3.43. The number of hydrazone groups is 1. The van der Waals surface area contributed by atoms with Crippen molar-refractivity contribution in [3.8, 4) is 0 Å². The van der Waals surface area contributed by atoms with E-state index in [9.17, 15) is 19.3 Å². The van der Waals surface area contributed by atoms with E-state index in [4.69, 9.17) is 0 Å². The zero-order chi connectivity index (χ0) is 18.0. The van der Waals surface area contributed by atoms with Gasteiger partial charge in [-0.25, -0.2) is 10.1 Å². The minimum atomic E-state index is -0.825. The largest absolute Gasteiger partial charge is 0.309 e. The van der Waals surface area contributed by atoms with E-state index in [0.717, 1.165) is 10.9 Å². The van der Waals surface area contributed by atoms with Crippen molar-refractivity contribution in [3.05, 3.63) is 39.2 Å². The highest BCUT2D eigenvalue weighted by molar-refractivity contribution is 5.84. The molecule has 0 aromatic carbocycles. The molecular formula is C13H16FN7O3. The number of aromatic nitrogens is 4. The highest BCUT2D eigenvalue weighted by Gasteiger charge is 2.22. The lowest BCUT2D eigenvalue weighted by Gasteiger charge is -2.09. The van der Waals surface area contributed by atoms with E-state index in [1.165, 1.54) is 31.8 Å². The second-order valence-electron chi connectivity index (χ2n) is 5.16. The van der Waals surface area contributed by atoms with Crippen LogP contribution in [0.3, 0.4) is 0 Å². The van der Waals surface area contributed by atoms with Crippen LogP contribution < -0.4 is 5.43 Å². The number of nitrogens with one attached hydrogen (secondary N) is 1. The summed E-state index contributed by atoms with van der Waals surface area (Å²) in [5.41, 5.74) is 2.87. The van der Waals surface area contributed by atoms with Gasteiger partial charge in [-0.2, -0.15) is 19.7 Å². The molecule has 0 aliphatic carbocycles. The summed E-state index contributed by atoms with van der Waals surface area (Å²) in [7, 11) is 1.45. The van der Waals surface area contributed by atoms with E-state index >= 15 is 0 Å². The van der Waals surface area contributed by atoms with E-state index in [-0.39, 0.29) is 16.9 Å². The maximum absolute atomic E-state index is 13.7. The van der Waals surface area contributed by atoms with Gasteiger partial charge in [-0.15, -0.1) is 0 Å². The van der Waals surface area contributed by atoms with Crippen LogP contribution in [0.25, 0.3) is 0 Å². The van der Waals surface area contributed by atoms with Crippen LogP contribution in [0.15, 0.2) is 11.3 Å². The van der Waals surface area contributed by atoms with Gasteiger partial charge in [0.25, 0.3) is 5.91 Å². The zero-order valence-electron chi connectivity index (χ0n) is 13.5. The molecule has 1 atom stereocenters. The lowest BCUT2D eigenvalue weighted by molar-refractivity contribution is -0.385. The number of nitro groups is 1. The first kappa shape index (κ1) is 17.2. The Balaban J connectivity index is 2.08. The second-order valence-corrected chi connectivity index (χ2v) is 5.16. The van der Waals surface area contributed by atoms with E-state index in [0.29, 0.717) is 5.69 Å². The van der Waals surface area contributed by atoms with Crippen molar-refractivity contribution in [2.75, 3.05) is 0 Å². The Bertz CT molecular complexity index is 824. The first-order valence-electron chi connectivity index (χ1n) is 6.94. The fraction of sp³-hybridized carbons (Fsp3) is 0.385. The summed E-state index contributed by atoms with van der Waals surface area (Å²) in [6.45, 7) is 4.60. The summed E-state index contributed by atoms with van der Waals surface area (Å²) in [5, 5.41) is 22.3. The molecule has 1 amide bonds. The third kappa shape index (κ3) is 3.29. The van der Waals surface area contributed by atoms with Crippen molar-refractivity contribution in [3.63, 3.8) is 0 Å². The molecule has 0 unspecified atom stereocenters. The molecule has 0 spiro atoms. The predicted molar refractivity (Wildman–Crippen MR) is 82.0 cm³/mol. The Labute approximate surface area is 136 Å². The van der Waals surface area contributed by atoms with Crippen molar-refractivity contribution in [2.24, 2.45) is 12.1 Å². The summed E-state index contributed by atoms with van der Waals surface area (Å²) >= 11 is 0. The number of carbonyl (C=O) groups is 1. The molecule has 24 heavy (non-hydrogen) atoms. The summed E-state index contributed by atoms with van der Waals surface area (Å²) in [6, 6.07) is -0.825. The third-order valence-corrected chi connectivity index (χ3v) is 3.43. The molecule has 10 nitrogen and oxygen atoms in total. The smallest absolute Gasteiger partial charge is 0.271 e. The maximum atomic E-state index is 13.7. The number of hydrogen-bond donors (Lipinski definition) is 1. The van der Waals surface area contributed by atoms with Crippen molar-refractivity contribution in [1.29, 1.82) is 0 Å². The second kappa shape index (κ2) is 6.56. The Morgan fingerprint density at radius 1 is 1.46 bits per heavy atom. The number of nitrogens with zero attached hydrogens (tertiary/aromatic N) is 6. The average Bonchev–Trinajstić information content (AvgIpc) is 3.01. The van der Waals surface area contributed by atoms with Crippen molar-refractivity contribution in [2.45, 2.75) is 26.8 Å². The quantitative estimate of drug-likeness (QED) is 0.495.